The maximum absolute atomic E-state index is 8.40. The number of ether oxygens (including phenoxy) is 1. The fraction of sp³-hybridized carbons (Fsp3) is 0.250. The Morgan fingerprint density at radius 1 is 1.56 bits per heavy atom. The van der Waals surface area contributed by atoms with Gasteiger partial charge in [-0.3, -0.25) is 0 Å². The molecule has 0 atom stereocenters. The molecule has 0 unspecified atom stereocenters. The smallest absolute Gasteiger partial charge is 0.174 e. The lowest BCUT2D eigenvalue weighted by atomic mass is 10.2. The van der Waals surface area contributed by atoms with Crippen LogP contribution < -0.4 is 10.1 Å². The van der Waals surface area contributed by atoms with Crippen LogP contribution in [0.25, 0.3) is 0 Å². The van der Waals surface area contributed by atoms with Crippen LogP contribution in [0.5, 0.6) is 5.75 Å². The van der Waals surface area contributed by atoms with Crippen molar-refractivity contribution < 1.29 is 4.74 Å². The minimum atomic E-state index is 0.0785. The fourth-order valence-corrected chi connectivity index (χ4v) is 1.40. The molecule has 16 heavy (non-hydrogen) atoms. The molecule has 0 aliphatic rings. The number of nitrogens with one attached hydrogen (secondary N) is 1. The molecule has 0 bridgehead atoms. The summed E-state index contributed by atoms with van der Waals surface area (Å²) in [5.74, 6) is 0.721. The molecule has 0 fully saturated rings. The fourth-order valence-electron chi connectivity index (χ4n) is 1.20. The lowest BCUT2D eigenvalue weighted by Gasteiger charge is -2.06. The second-order valence-corrected chi connectivity index (χ2v) is 4.34. The number of nitrogens with zero attached hydrogens (tertiary/aromatic N) is 1. The summed E-state index contributed by atoms with van der Waals surface area (Å²) in [4.78, 5) is 0. The van der Waals surface area contributed by atoms with Crippen molar-refractivity contribution in [2.45, 2.75) is 6.54 Å². The Hall–Kier alpha value is -1.31. The summed E-state index contributed by atoms with van der Waals surface area (Å²) < 4.78 is 6.13. The molecular formula is C12H13BrN2O. The molecule has 0 aliphatic carbocycles. The Morgan fingerprint density at radius 3 is 3.06 bits per heavy atom. The molecular weight excluding hydrogens is 268 g/mol. The minimum Gasteiger partial charge on any atom is -0.479 e. The molecule has 0 radical (unpaired) electrons. The van der Waals surface area contributed by atoms with E-state index in [0.717, 1.165) is 28.9 Å². The van der Waals surface area contributed by atoms with Crippen LogP contribution in [0.15, 0.2) is 35.3 Å². The van der Waals surface area contributed by atoms with E-state index in [1.807, 2.05) is 30.3 Å². The van der Waals surface area contributed by atoms with Crippen molar-refractivity contribution in [3.63, 3.8) is 0 Å². The van der Waals surface area contributed by atoms with Gasteiger partial charge in [-0.1, -0.05) is 34.6 Å². The highest BCUT2D eigenvalue weighted by Crippen LogP contribution is 2.13. The Labute approximate surface area is 104 Å². The molecule has 0 aliphatic heterocycles. The van der Waals surface area contributed by atoms with Gasteiger partial charge in [-0.2, -0.15) is 5.26 Å². The van der Waals surface area contributed by atoms with Crippen LogP contribution in [0.2, 0.25) is 0 Å². The zero-order valence-corrected chi connectivity index (χ0v) is 10.5. The highest BCUT2D eigenvalue weighted by molar-refractivity contribution is 9.11. The van der Waals surface area contributed by atoms with Crippen molar-refractivity contribution in [2.24, 2.45) is 0 Å². The molecule has 0 amide bonds. The van der Waals surface area contributed by atoms with Gasteiger partial charge in [-0.25, -0.2) is 0 Å². The normalized spacial score (nSPS) is 9.50. The second kappa shape index (κ2) is 7.04. The summed E-state index contributed by atoms with van der Waals surface area (Å²) >= 11 is 3.28. The first kappa shape index (κ1) is 12.8. The van der Waals surface area contributed by atoms with Crippen molar-refractivity contribution in [1.29, 1.82) is 5.26 Å². The van der Waals surface area contributed by atoms with Gasteiger partial charge in [-0.05, 0) is 17.7 Å². The van der Waals surface area contributed by atoms with Gasteiger partial charge in [0.1, 0.15) is 11.8 Å². The molecule has 1 rings (SSSR count). The average molecular weight is 281 g/mol. The van der Waals surface area contributed by atoms with Crippen molar-refractivity contribution in [3.05, 3.63) is 40.9 Å². The number of halogens is 1. The SMILES string of the molecule is C=C(Br)CNCc1cccc(OCC#N)c1. The van der Waals surface area contributed by atoms with E-state index < -0.39 is 0 Å². The van der Waals surface area contributed by atoms with Crippen molar-refractivity contribution >= 4 is 15.9 Å². The van der Waals surface area contributed by atoms with Crippen LogP contribution in [0.3, 0.4) is 0 Å². The molecule has 1 aromatic carbocycles. The quantitative estimate of drug-likeness (QED) is 0.871. The highest BCUT2D eigenvalue weighted by Gasteiger charge is 1.96. The topological polar surface area (TPSA) is 45.0 Å². The Kier molecular flexibility index (Phi) is 5.62. The Bertz CT molecular complexity index is 398. The van der Waals surface area contributed by atoms with Gasteiger partial charge in [0.15, 0.2) is 6.61 Å². The predicted octanol–water partition coefficient (Wildman–Crippen LogP) is 2.59. The summed E-state index contributed by atoms with van der Waals surface area (Å²) in [5.41, 5.74) is 1.11. The standard InChI is InChI=1S/C12H13BrN2O/c1-10(13)8-15-9-11-3-2-4-12(7-11)16-6-5-14/h2-4,7,15H,1,6,8-9H2. The summed E-state index contributed by atoms with van der Waals surface area (Å²) in [5, 5.41) is 11.6. The first-order valence-corrected chi connectivity index (χ1v) is 5.64. The lowest BCUT2D eigenvalue weighted by Crippen LogP contribution is -2.14. The van der Waals surface area contributed by atoms with E-state index in [2.05, 4.69) is 27.8 Å². The third-order valence-electron chi connectivity index (χ3n) is 1.85. The van der Waals surface area contributed by atoms with E-state index in [1.54, 1.807) is 0 Å². The van der Waals surface area contributed by atoms with E-state index in [9.17, 15) is 0 Å². The molecule has 0 saturated heterocycles. The third kappa shape index (κ3) is 4.96. The van der Waals surface area contributed by atoms with Gasteiger partial charge in [-0.15, -0.1) is 0 Å². The van der Waals surface area contributed by atoms with Crippen LogP contribution in [0.1, 0.15) is 5.56 Å². The van der Waals surface area contributed by atoms with Crippen LogP contribution in [-0.2, 0) is 6.54 Å². The van der Waals surface area contributed by atoms with E-state index in [0.29, 0.717) is 0 Å². The van der Waals surface area contributed by atoms with Crippen molar-refractivity contribution in [1.82, 2.24) is 5.32 Å². The van der Waals surface area contributed by atoms with E-state index in [1.165, 1.54) is 0 Å². The van der Waals surface area contributed by atoms with E-state index in [-0.39, 0.29) is 6.61 Å². The van der Waals surface area contributed by atoms with Gasteiger partial charge in [0.2, 0.25) is 0 Å². The van der Waals surface area contributed by atoms with Crippen molar-refractivity contribution in [2.75, 3.05) is 13.2 Å². The zero-order chi connectivity index (χ0) is 11.8. The van der Waals surface area contributed by atoms with Crippen LogP contribution >= 0.6 is 15.9 Å². The molecule has 1 aromatic rings. The molecule has 3 nitrogen and oxygen atoms in total. The maximum Gasteiger partial charge on any atom is 0.174 e. The number of hydrogen-bond acceptors (Lipinski definition) is 3. The van der Waals surface area contributed by atoms with Gasteiger partial charge in [0.25, 0.3) is 0 Å². The minimum absolute atomic E-state index is 0.0785. The number of hydrogen-bond donors (Lipinski definition) is 1. The first-order chi connectivity index (χ1) is 7.72. The summed E-state index contributed by atoms with van der Waals surface area (Å²) in [6, 6.07) is 9.61. The molecule has 84 valence electrons. The third-order valence-corrected chi connectivity index (χ3v) is 2.13. The largest absolute Gasteiger partial charge is 0.479 e. The Balaban J connectivity index is 2.47. The highest BCUT2D eigenvalue weighted by atomic mass is 79.9. The maximum atomic E-state index is 8.40. The summed E-state index contributed by atoms with van der Waals surface area (Å²) in [7, 11) is 0. The molecule has 0 aromatic heterocycles. The average Bonchev–Trinajstić information content (AvgIpc) is 2.26. The summed E-state index contributed by atoms with van der Waals surface area (Å²) in [6.45, 7) is 5.29. The molecule has 4 heteroatoms. The number of nitriles is 1. The van der Waals surface area contributed by atoms with Crippen LogP contribution in [-0.4, -0.2) is 13.2 Å². The number of benzene rings is 1. The molecule has 0 saturated carbocycles. The number of rotatable bonds is 6. The van der Waals surface area contributed by atoms with Gasteiger partial charge < -0.3 is 10.1 Å². The zero-order valence-electron chi connectivity index (χ0n) is 8.87. The van der Waals surface area contributed by atoms with Crippen molar-refractivity contribution in [3.8, 4) is 11.8 Å². The summed E-state index contributed by atoms with van der Waals surface area (Å²) in [6.07, 6.45) is 0. The van der Waals surface area contributed by atoms with E-state index in [4.69, 9.17) is 10.00 Å². The molecule has 0 heterocycles. The van der Waals surface area contributed by atoms with E-state index >= 15 is 0 Å². The van der Waals surface area contributed by atoms with Crippen LogP contribution in [0.4, 0.5) is 0 Å². The first-order valence-electron chi connectivity index (χ1n) is 4.85. The van der Waals surface area contributed by atoms with Gasteiger partial charge in [0, 0.05) is 17.6 Å². The second-order valence-electron chi connectivity index (χ2n) is 3.22. The molecule has 1 N–H and O–H groups in total. The monoisotopic (exact) mass is 280 g/mol. The van der Waals surface area contributed by atoms with Crippen LogP contribution in [0, 0.1) is 11.3 Å². The van der Waals surface area contributed by atoms with Gasteiger partial charge in [0.05, 0.1) is 0 Å². The Morgan fingerprint density at radius 2 is 2.38 bits per heavy atom. The lowest BCUT2D eigenvalue weighted by molar-refractivity contribution is 0.367. The van der Waals surface area contributed by atoms with Gasteiger partial charge >= 0.3 is 0 Å². The molecule has 0 spiro atoms. The predicted molar refractivity (Wildman–Crippen MR) is 67.3 cm³/mol.